The molecule has 0 aliphatic rings. The fourth-order valence-corrected chi connectivity index (χ4v) is 4.08. The highest BCUT2D eigenvalue weighted by Gasteiger charge is 2.20. The summed E-state index contributed by atoms with van der Waals surface area (Å²) in [6, 6.07) is 22.7. The Morgan fingerprint density at radius 2 is 1.71 bits per heavy atom. The topological polar surface area (TPSA) is 48.1 Å². The highest BCUT2D eigenvalue weighted by atomic mass is 16.1. The lowest BCUT2D eigenvalue weighted by molar-refractivity contribution is 0.0951. The van der Waals surface area contributed by atoms with Crippen LogP contribution in [0.1, 0.15) is 38.5 Å². The van der Waals surface area contributed by atoms with Crippen LogP contribution >= 0.6 is 0 Å². The van der Waals surface area contributed by atoms with Gasteiger partial charge in [-0.3, -0.25) is 4.79 Å². The molecule has 4 rings (SSSR count). The lowest BCUT2D eigenvalue weighted by Gasteiger charge is -2.20. The summed E-state index contributed by atoms with van der Waals surface area (Å²) in [5.41, 5.74) is 7.51. The molecule has 158 valence electrons. The van der Waals surface area contributed by atoms with Crippen molar-refractivity contribution in [2.75, 3.05) is 25.5 Å². The first-order valence-corrected chi connectivity index (χ1v) is 10.6. The summed E-state index contributed by atoms with van der Waals surface area (Å²) >= 11 is 0. The minimum absolute atomic E-state index is 0.0315. The van der Waals surface area contributed by atoms with E-state index in [1.54, 1.807) is 0 Å². The third-order valence-electron chi connectivity index (χ3n) is 6.12. The number of anilines is 1. The van der Waals surface area contributed by atoms with Crippen molar-refractivity contribution in [1.29, 1.82) is 0 Å². The van der Waals surface area contributed by atoms with E-state index in [2.05, 4.69) is 63.9 Å². The Hall–Kier alpha value is -3.53. The molecule has 1 aromatic heterocycles. The quantitative estimate of drug-likeness (QED) is 0.445. The van der Waals surface area contributed by atoms with E-state index in [1.165, 1.54) is 16.5 Å². The Morgan fingerprint density at radius 3 is 2.45 bits per heavy atom. The number of aromatic nitrogens is 1. The predicted octanol–water partition coefficient (Wildman–Crippen LogP) is 5.41. The molecule has 1 amide bonds. The van der Waals surface area contributed by atoms with Gasteiger partial charge < -0.3 is 15.2 Å². The van der Waals surface area contributed by atoms with E-state index in [0.717, 1.165) is 27.9 Å². The SMILES string of the molecule is Cc1cccc(C(=O)NC[C@H](c2ccc(N(C)C)cc2)c2c[nH]c3ccccc23)c1C. The van der Waals surface area contributed by atoms with Crippen molar-refractivity contribution in [3.63, 3.8) is 0 Å². The first-order chi connectivity index (χ1) is 15.0. The summed E-state index contributed by atoms with van der Waals surface area (Å²) in [4.78, 5) is 18.5. The molecule has 0 aliphatic heterocycles. The Bertz CT molecular complexity index is 1200. The number of amides is 1. The predicted molar refractivity (Wildman–Crippen MR) is 129 cm³/mol. The molecule has 0 unspecified atom stereocenters. The van der Waals surface area contributed by atoms with Crippen LogP contribution in [-0.2, 0) is 0 Å². The maximum absolute atomic E-state index is 13.0. The molecule has 31 heavy (non-hydrogen) atoms. The number of aromatic amines is 1. The van der Waals surface area contributed by atoms with Gasteiger partial charge in [0.2, 0.25) is 0 Å². The molecule has 4 aromatic rings. The first kappa shape index (κ1) is 20.7. The Kier molecular flexibility index (Phi) is 5.81. The van der Waals surface area contributed by atoms with Crippen LogP contribution in [0.5, 0.6) is 0 Å². The molecule has 4 heteroatoms. The van der Waals surface area contributed by atoms with Gasteiger partial charge in [-0.15, -0.1) is 0 Å². The number of hydrogen-bond donors (Lipinski definition) is 2. The minimum atomic E-state index is -0.0315. The number of nitrogens with zero attached hydrogens (tertiary/aromatic N) is 1. The van der Waals surface area contributed by atoms with Gasteiger partial charge in [0.25, 0.3) is 5.91 Å². The van der Waals surface area contributed by atoms with Gasteiger partial charge in [0.05, 0.1) is 0 Å². The number of rotatable bonds is 6. The third kappa shape index (κ3) is 4.19. The van der Waals surface area contributed by atoms with Crippen LogP contribution in [0.15, 0.2) is 72.9 Å². The van der Waals surface area contributed by atoms with Gasteiger partial charge in [-0.2, -0.15) is 0 Å². The summed E-state index contributed by atoms with van der Waals surface area (Å²) in [7, 11) is 4.08. The Morgan fingerprint density at radius 1 is 0.968 bits per heavy atom. The molecule has 0 aliphatic carbocycles. The van der Waals surface area contributed by atoms with E-state index in [-0.39, 0.29) is 11.8 Å². The summed E-state index contributed by atoms with van der Waals surface area (Å²) in [5, 5.41) is 4.38. The summed E-state index contributed by atoms with van der Waals surface area (Å²) < 4.78 is 0. The fraction of sp³-hybridized carbons (Fsp3) is 0.222. The number of H-pyrrole nitrogens is 1. The van der Waals surface area contributed by atoms with Gasteiger partial charge >= 0.3 is 0 Å². The zero-order chi connectivity index (χ0) is 22.0. The van der Waals surface area contributed by atoms with E-state index < -0.39 is 0 Å². The minimum Gasteiger partial charge on any atom is -0.378 e. The highest BCUT2D eigenvalue weighted by molar-refractivity contribution is 5.96. The van der Waals surface area contributed by atoms with Crippen LogP contribution in [0.25, 0.3) is 10.9 Å². The maximum atomic E-state index is 13.0. The van der Waals surface area contributed by atoms with Crippen LogP contribution in [0.2, 0.25) is 0 Å². The van der Waals surface area contributed by atoms with Crippen molar-refractivity contribution < 1.29 is 4.79 Å². The normalized spacial score (nSPS) is 12.0. The van der Waals surface area contributed by atoms with Crippen molar-refractivity contribution in [3.05, 3.63) is 101 Å². The standard InChI is InChI=1S/C27H29N3O/c1-18-8-7-10-22(19(18)2)27(31)29-16-24(20-12-14-21(15-13-20)30(3)4)25-17-28-26-11-6-5-9-23(25)26/h5-15,17,24,28H,16H2,1-4H3,(H,29,31)/t24-/m1/s1. The second-order valence-corrected chi connectivity index (χ2v) is 8.29. The van der Waals surface area contributed by atoms with Gasteiger partial charge in [0.15, 0.2) is 0 Å². The zero-order valence-electron chi connectivity index (χ0n) is 18.6. The Labute approximate surface area is 183 Å². The number of para-hydroxylation sites is 1. The molecule has 1 heterocycles. The van der Waals surface area contributed by atoms with E-state index in [1.807, 2.05) is 52.2 Å². The van der Waals surface area contributed by atoms with Crippen LogP contribution in [-0.4, -0.2) is 31.5 Å². The summed E-state index contributed by atoms with van der Waals surface area (Å²) in [6.07, 6.45) is 2.07. The van der Waals surface area contributed by atoms with E-state index >= 15 is 0 Å². The molecule has 2 N–H and O–H groups in total. The van der Waals surface area contributed by atoms with Crippen molar-refractivity contribution in [2.45, 2.75) is 19.8 Å². The van der Waals surface area contributed by atoms with E-state index in [4.69, 9.17) is 0 Å². The number of benzene rings is 3. The lowest BCUT2D eigenvalue weighted by Crippen LogP contribution is -2.29. The summed E-state index contributed by atoms with van der Waals surface area (Å²) in [6.45, 7) is 4.56. The van der Waals surface area contributed by atoms with Gasteiger partial charge in [0, 0.05) is 54.9 Å². The smallest absolute Gasteiger partial charge is 0.251 e. The van der Waals surface area contributed by atoms with Crippen LogP contribution in [0, 0.1) is 13.8 Å². The number of aryl methyl sites for hydroxylation is 1. The number of carbonyl (C=O) groups is 1. The first-order valence-electron chi connectivity index (χ1n) is 10.6. The molecular formula is C27H29N3O. The highest BCUT2D eigenvalue weighted by Crippen LogP contribution is 2.31. The largest absolute Gasteiger partial charge is 0.378 e. The second-order valence-electron chi connectivity index (χ2n) is 8.29. The molecule has 3 aromatic carbocycles. The maximum Gasteiger partial charge on any atom is 0.251 e. The fourth-order valence-electron chi connectivity index (χ4n) is 4.08. The number of carbonyl (C=O) groups excluding carboxylic acids is 1. The van der Waals surface area contributed by atoms with Gasteiger partial charge in [-0.1, -0.05) is 42.5 Å². The molecule has 0 radical (unpaired) electrons. The van der Waals surface area contributed by atoms with Gasteiger partial charge in [-0.05, 0) is 60.4 Å². The lowest BCUT2D eigenvalue weighted by atomic mass is 9.90. The molecule has 0 spiro atoms. The molecule has 0 bridgehead atoms. The summed E-state index contributed by atoms with van der Waals surface area (Å²) in [5.74, 6) is 0.0115. The van der Waals surface area contributed by atoms with Crippen molar-refractivity contribution in [2.24, 2.45) is 0 Å². The molecular weight excluding hydrogens is 382 g/mol. The van der Waals surface area contributed by atoms with Crippen molar-refractivity contribution in [1.82, 2.24) is 10.3 Å². The monoisotopic (exact) mass is 411 g/mol. The van der Waals surface area contributed by atoms with Crippen LogP contribution in [0.4, 0.5) is 5.69 Å². The number of hydrogen-bond acceptors (Lipinski definition) is 2. The average Bonchev–Trinajstić information content (AvgIpc) is 3.20. The second kappa shape index (κ2) is 8.68. The van der Waals surface area contributed by atoms with Gasteiger partial charge in [0.1, 0.15) is 0 Å². The zero-order valence-corrected chi connectivity index (χ0v) is 18.6. The third-order valence-corrected chi connectivity index (χ3v) is 6.12. The molecule has 0 saturated carbocycles. The Balaban J connectivity index is 1.67. The number of fused-ring (bicyclic) bond motifs is 1. The van der Waals surface area contributed by atoms with E-state index in [0.29, 0.717) is 6.54 Å². The van der Waals surface area contributed by atoms with Gasteiger partial charge in [-0.25, -0.2) is 0 Å². The molecule has 0 saturated heterocycles. The molecule has 1 atom stereocenters. The molecule has 4 nitrogen and oxygen atoms in total. The van der Waals surface area contributed by atoms with Crippen LogP contribution in [0.3, 0.4) is 0 Å². The molecule has 0 fully saturated rings. The van der Waals surface area contributed by atoms with E-state index in [9.17, 15) is 4.79 Å². The van der Waals surface area contributed by atoms with Crippen LogP contribution < -0.4 is 10.2 Å². The number of nitrogens with one attached hydrogen (secondary N) is 2. The van der Waals surface area contributed by atoms with Crippen molar-refractivity contribution >= 4 is 22.5 Å². The average molecular weight is 412 g/mol. The van der Waals surface area contributed by atoms with Crippen molar-refractivity contribution in [3.8, 4) is 0 Å².